The van der Waals surface area contributed by atoms with Gasteiger partial charge in [0.25, 0.3) is 0 Å². The van der Waals surface area contributed by atoms with Crippen LogP contribution in [-0.2, 0) is 0 Å². The molecule has 3 heteroatoms. The third-order valence-corrected chi connectivity index (χ3v) is 2.35. The second-order valence-electron chi connectivity index (χ2n) is 4.01. The summed E-state index contributed by atoms with van der Waals surface area (Å²) in [5, 5.41) is 4.42. The van der Waals surface area contributed by atoms with Gasteiger partial charge in [-0.1, -0.05) is 43.7 Å². The van der Waals surface area contributed by atoms with Gasteiger partial charge in [0.1, 0.15) is 6.33 Å². The van der Waals surface area contributed by atoms with Crippen LogP contribution in [0.15, 0.2) is 30.6 Å². The van der Waals surface area contributed by atoms with E-state index in [2.05, 4.69) is 55.1 Å². The van der Waals surface area contributed by atoms with Crippen molar-refractivity contribution in [3.63, 3.8) is 0 Å². The van der Waals surface area contributed by atoms with Crippen LogP contribution in [0.3, 0.4) is 0 Å². The molecule has 0 unspecified atom stereocenters. The Balaban J connectivity index is 0.000000686. The van der Waals surface area contributed by atoms with Crippen molar-refractivity contribution in [3.05, 3.63) is 36.2 Å². The van der Waals surface area contributed by atoms with Crippen LogP contribution < -0.4 is 0 Å². The van der Waals surface area contributed by atoms with Gasteiger partial charge in [0.05, 0.1) is 0 Å². The summed E-state index contributed by atoms with van der Waals surface area (Å²) in [4.78, 5) is 4.29. The number of rotatable bonds is 2. The SMILES string of the molecule is CC.Cc1ccc(-c2ncn(C(C)C)n2)cc1. The van der Waals surface area contributed by atoms with Gasteiger partial charge in [-0.05, 0) is 20.8 Å². The van der Waals surface area contributed by atoms with Crippen LogP contribution in [0.2, 0.25) is 0 Å². The van der Waals surface area contributed by atoms with Crippen molar-refractivity contribution in [2.24, 2.45) is 0 Å². The molecule has 17 heavy (non-hydrogen) atoms. The van der Waals surface area contributed by atoms with E-state index in [1.807, 2.05) is 18.5 Å². The Morgan fingerprint density at radius 1 is 1.06 bits per heavy atom. The molecule has 1 aromatic carbocycles. The van der Waals surface area contributed by atoms with E-state index in [0.717, 1.165) is 11.4 Å². The van der Waals surface area contributed by atoms with Gasteiger partial charge in [0.2, 0.25) is 0 Å². The Bertz CT molecular complexity index is 441. The molecule has 1 aromatic heterocycles. The molecule has 0 aliphatic carbocycles. The van der Waals surface area contributed by atoms with Crippen molar-refractivity contribution >= 4 is 0 Å². The van der Waals surface area contributed by atoms with Gasteiger partial charge >= 0.3 is 0 Å². The summed E-state index contributed by atoms with van der Waals surface area (Å²) in [6.07, 6.45) is 1.78. The molecule has 92 valence electrons. The van der Waals surface area contributed by atoms with E-state index in [1.165, 1.54) is 5.56 Å². The lowest BCUT2D eigenvalue weighted by atomic mass is 10.1. The molecule has 0 radical (unpaired) electrons. The summed E-state index contributed by atoms with van der Waals surface area (Å²) in [5.41, 5.74) is 2.32. The fourth-order valence-electron chi connectivity index (χ4n) is 1.36. The summed E-state index contributed by atoms with van der Waals surface area (Å²) < 4.78 is 1.87. The van der Waals surface area contributed by atoms with Crippen LogP contribution in [0.5, 0.6) is 0 Å². The van der Waals surface area contributed by atoms with Crippen molar-refractivity contribution in [2.45, 2.75) is 40.7 Å². The van der Waals surface area contributed by atoms with Crippen LogP contribution in [0.25, 0.3) is 11.4 Å². The molecule has 0 bridgehead atoms. The summed E-state index contributed by atoms with van der Waals surface area (Å²) in [6, 6.07) is 8.61. The molecule has 0 spiro atoms. The highest BCUT2D eigenvalue weighted by atomic mass is 15.3. The molecule has 0 saturated heterocycles. The first-order chi connectivity index (χ1) is 8.16. The Morgan fingerprint density at radius 2 is 1.65 bits per heavy atom. The maximum atomic E-state index is 4.42. The predicted molar refractivity (Wildman–Crippen MR) is 71.9 cm³/mol. The van der Waals surface area contributed by atoms with Gasteiger partial charge in [-0.2, -0.15) is 5.10 Å². The van der Waals surface area contributed by atoms with Crippen LogP contribution in [0.1, 0.15) is 39.3 Å². The van der Waals surface area contributed by atoms with E-state index in [9.17, 15) is 0 Å². The molecule has 0 saturated carbocycles. The summed E-state index contributed by atoms with van der Waals surface area (Å²) >= 11 is 0. The molecule has 3 nitrogen and oxygen atoms in total. The van der Waals surface area contributed by atoms with Crippen molar-refractivity contribution in [1.29, 1.82) is 0 Å². The monoisotopic (exact) mass is 231 g/mol. The van der Waals surface area contributed by atoms with E-state index >= 15 is 0 Å². The molecule has 1 heterocycles. The molecule has 2 rings (SSSR count). The molecule has 0 amide bonds. The van der Waals surface area contributed by atoms with Gasteiger partial charge in [-0.25, -0.2) is 9.67 Å². The number of aromatic nitrogens is 3. The lowest BCUT2D eigenvalue weighted by molar-refractivity contribution is 0.532. The Morgan fingerprint density at radius 3 is 2.12 bits per heavy atom. The standard InChI is InChI=1S/C12H15N3.C2H6/c1-9(2)15-8-13-12(14-15)11-6-4-10(3)5-7-11;1-2/h4-9H,1-3H3;1-2H3. The van der Waals surface area contributed by atoms with Crippen molar-refractivity contribution in [3.8, 4) is 11.4 Å². The lowest BCUT2D eigenvalue weighted by Gasteiger charge is -2.02. The maximum absolute atomic E-state index is 4.42. The van der Waals surface area contributed by atoms with E-state index in [0.29, 0.717) is 6.04 Å². The molecule has 0 atom stereocenters. The van der Waals surface area contributed by atoms with Gasteiger partial charge in [-0.15, -0.1) is 0 Å². The minimum Gasteiger partial charge on any atom is -0.250 e. The Hall–Kier alpha value is -1.64. The average Bonchev–Trinajstić information content (AvgIpc) is 2.82. The summed E-state index contributed by atoms with van der Waals surface area (Å²) in [5.74, 6) is 0.795. The van der Waals surface area contributed by atoms with Gasteiger partial charge in [0, 0.05) is 11.6 Å². The maximum Gasteiger partial charge on any atom is 0.181 e. The zero-order valence-electron chi connectivity index (χ0n) is 11.3. The average molecular weight is 231 g/mol. The highest BCUT2D eigenvalue weighted by molar-refractivity contribution is 5.54. The lowest BCUT2D eigenvalue weighted by Crippen LogP contribution is -2.00. The first kappa shape index (κ1) is 13.4. The molecular weight excluding hydrogens is 210 g/mol. The van der Waals surface area contributed by atoms with Crippen molar-refractivity contribution in [1.82, 2.24) is 14.8 Å². The summed E-state index contributed by atoms with van der Waals surface area (Å²) in [6.45, 7) is 10.3. The van der Waals surface area contributed by atoms with E-state index < -0.39 is 0 Å². The second-order valence-corrected chi connectivity index (χ2v) is 4.01. The second kappa shape index (κ2) is 6.18. The van der Waals surface area contributed by atoms with Crippen LogP contribution in [0, 0.1) is 6.92 Å². The van der Waals surface area contributed by atoms with E-state index in [4.69, 9.17) is 0 Å². The number of hydrogen-bond acceptors (Lipinski definition) is 2. The number of hydrogen-bond donors (Lipinski definition) is 0. The highest BCUT2D eigenvalue weighted by Gasteiger charge is 2.05. The highest BCUT2D eigenvalue weighted by Crippen LogP contribution is 2.15. The van der Waals surface area contributed by atoms with E-state index in [1.54, 1.807) is 6.33 Å². The van der Waals surface area contributed by atoms with Crippen molar-refractivity contribution in [2.75, 3.05) is 0 Å². The Labute approximate surface area is 104 Å². The van der Waals surface area contributed by atoms with Crippen LogP contribution in [0.4, 0.5) is 0 Å². The van der Waals surface area contributed by atoms with Gasteiger partial charge in [-0.3, -0.25) is 0 Å². The zero-order chi connectivity index (χ0) is 12.8. The number of nitrogens with zero attached hydrogens (tertiary/aromatic N) is 3. The molecular formula is C14H21N3. The van der Waals surface area contributed by atoms with Crippen LogP contribution in [-0.4, -0.2) is 14.8 Å². The third kappa shape index (κ3) is 3.41. The van der Waals surface area contributed by atoms with Gasteiger partial charge in [0.15, 0.2) is 5.82 Å². The normalized spacial score (nSPS) is 10.0. The minimum atomic E-state index is 0.358. The summed E-state index contributed by atoms with van der Waals surface area (Å²) in [7, 11) is 0. The first-order valence-corrected chi connectivity index (χ1v) is 6.15. The number of benzene rings is 1. The zero-order valence-corrected chi connectivity index (χ0v) is 11.3. The number of aryl methyl sites for hydroxylation is 1. The van der Waals surface area contributed by atoms with Crippen molar-refractivity contribution < 1.29 is 0 Å². The molecule has 0 fully saturated rings. The quantitative estimate of drug-likeness (QED) is 0.785. The molecule has 2 aromatic rings. The first-order valence-electron chi connectivity index (χ1n) is 6.15. The Kier molecular flexibility index (Phi) is 4.88. The fourth-order valence-corrected chi connectivity index (χ4v) is 1.36. The smallest absolute Gasteiger partial charge is 0.181 e. The minimum absolute atomic E-state index is 0.358. The van der Waals surface area contributed by atoms with Crippen LogP contribution >= 0.6 is 0 Å². The molecule has 0 aliphatic rings. The third-order valence-electron chi connectivity index (χ3n) is 2.35. The predicted octanol–water partition coefficient (Wildman–Crippen LogP) is 3.86. The largest absolute Gasteiger partial charge is 0.250 e. The van der Waals surface area contributed by atoms with E-state index in [-0.39, 0.29) is 0 Å². The molecule has 0 N–H and O–H groups in total. The van der Waals surface area contributed by atoms with Gasteiger partial charge < -0.3 is 0 Å². The molecule has 0 aliphatic heterocycles. The topological polar surface area (TPSA) is 30.7 Å². The fraction of sp³-hybridized carbons (Fsp3) is 0.429.